The number of anilines is 1. The van der Waals surface area contributed by atoms with E-state index in [1.165, 1.54) is 11.0 Å². The van der Waals surface area contributed by atoms with Gasteiger partial charge >= 0.3 is 6.03 Å². The van der Waals surface area contributed by atoms with E-state index >= 15 is 0 Å². The largest absolute Gasteiger partial charge is 0.322 e. The van der Waals surface area contributed by atoms with Gasteiger partial charge in [0.15, 0.2) is 5.65 Å². The zero-order valence-electron chi connectivity index (χ0n) is 12.8. The SMILES string of the molecule is C[C@@H](c1ccccc1F)N(C)C(=O)Nc1ccc2nncn2c1. The van der Waals surface area contributed by atoms with Crippen LogP contribution in [0.3, 0.4) is 0 Å². The van der Waals surface area contributed by atoms with Crippen LogP contribution in [-0.2, 0) is 0 Å². The first-order valence-corrected chi connectivity index (χ1v) is 7.14. The highest BCUT2D eigenvalue weighted by atomic mass is 19.1. The highest BCUT2D eigenvalue weighted by molar-refractivity contribution is 5.89. The molecule has 1 N–H and O–H groups in total. The van der Waals surface area contributed by atoms with E-state index in [4.69, 9.17) is 0 Å². The number of carbonyl (C=O) groups is 1. The summed E-state index contributed by atoms with van der Waals surface area (Å²) in [4.78, 5) is 13.8. The molecule has 3 aromatic rings. The molecule has 0 aliphatic rings. The van der Waals surface area contributed by atoms with Gasteiger partial charge in [-0.05, 0) is 25.1 Å². The molecule has 2 amide bonds. The maximum atomic E-state index is 13.9. The first-order valence-electron chi connectivity index (χ1n) is 7.14. The number of fused-ring (bicyclic) bond motifs is 1. The molecule has 0 aliphatic heterocycles. The van der Waals surface area contributed by atoms with E-state index in [-0.39, 0.29) is 11.8 Å². The zero-order valence-corrected chi connectivity index (χ0v) is 12.8. The van der Waals surface area contributed by atoms with Crippen molar-refractivity contribution in [1.82, 2.24) is 19.5 Å². The standard InChI is InChI=1S/C16H16FN5O/c1-11(13-5-3-4-6-14(13)17)21(2)16(23)19-12-7-8-15-20-18-10-22(15)9-12/h3-11H,1-2H3,(H,19,23)/t11-/m0/s1. The maximum Gasteiger partial charge on any atom is 0.322 e. The maximum absolute atomic E-state index is 13.9. The molecule has 0 aliphatic carbocycles. The van der Waals surface area contributed by atoms with Gasteiger partial charge in [-0.2, -0.15) is 0 Å². The molecule has 118 valence electrons. The highest BCUT2D eigenvalue weighted by Gasteiger charge is 2.20. The third kappa shape index (κ3) is 2.98. The quantitative estimate of drug-likeness (QED) is 0.808. The van der Waals surface area contributed by atoms with Crippen LogP contribution >= 0.6 is 0 Å². The van der Waals surface area contributed by atoms with Gasteiger partial charge in [0.25, 0.3) is 0 Å². The van der Waals surface area contributed by atoms with E-state index in [0.717, 1.165) is 0 Å². The fourth-order valence-corrected chi connectivity index (χ4v) is 2.31. The lowest BCUT2D eigenvalue weighted by molar-refractivity contribution is 0.207. The molecule has 1 atom stereocenters. The number of nitrogens with zero attached hydrogens (tertiary/aromatic N) is 4. The van der Waals surface area contributed by atoms with E-state index in [1.54, 1.807) is 61.2 Å². The van der Waals surface area contributed by atoms with E-state index in [9.17, 15) is 9.18 Å². The summed E-state index contributed by atoms with van der Waals surface area (Å²) in [5.74, 6) is -0.328. The smallest absolute Gasteiger partial charge is 0.321 e. The minimum atomic E-state index is -0.394. The first kappa shape index (κ1) is 15.0. The number of urea groups is 1. The van der Waals surface area contributed by atoms with Crippen molar-refractivity contribution in [2.45, 2.75) is 13.0 Å². The second kappa shape index (κ2) is 6.04. The molecule has 3 rings (SSSR count). The van der Waals surface area contributed by atoms with Crippen molar-refractivity contribution in [2.75, 3.05) is 12.4 Å². The molecule has 7 heteroatoms. The number of hydrogen-bond donors (Lipinski definition) is 1. The van der Waals surface area contributed by atoms with Crippen LogP contribution in [0, 0.1) is 5.82 Å². The second-order valence-electron chi connectivity index (χ2n) is 5.25. The van der Waals surface area contributed by atoms with Crippen molar-refractivity contribution in [3.05, 3.63) is 60.3 Å². The summed E-state index contributed by atoms with van der Waals surface area (Å²) >= 11 is 0. The molecule has 2 aromatic heterocycles. The molecule has 6 nitrogen and oxygen atoms in total. The summed E-state index contributed by atoms with van der Waals surface area (Å²) in [5.41, 5.74) is 1.77. The Morgan fingerprint density at radius 3 is 2.87 bits per heavy atom. The number of aromatic nitrogens is 3. The minimum absolute atomic E-state index is 0.326. The Bertz CT molecular complexity index is 847. The normalized spacial score (nSPS) is 12.1. The van der Waals surface area contributed by atoms with E-state index in [2.05, 4.69) is 15.5 Å². The topological polar surface area (TPSA) is 62.5 Å². The van der Waals surface area contributed by atoms with Gasteiger partial charge in [0, 0.05) is 18.8 Å². The van der Waals surface area contributed by atoms with Crippen molar-refractivity contribution >= 4 is 17.4 Å². The van der Waals surface area contributed by atoms with Crippen LogP contribution in [0.5, 0.6) is 0 Å². The Labute approximate surface area is 132 Å². The lowest BCUT2D eigenvalue weighted by Crippen LogP contribution is -2.34. The molecule has 0 bridgehead atoms. The monoisotopic (exact) mass is 313 g/mol. The Balaban J connectivity index is 1.75. The van der Waals surface area contributed by atoms with Gasteiger partial charge in [-0.1, -0.05) is 18.2 Å². The summed E-state index contributed by atoms with van der Waals surface area (Å²) < 4.78 is 15.6. The number of halogens is 1. The van der Waals surface area contributed by atoms with Crippen molar-refractivity contribution < 1.29 is 9.18 Å². The van der Waals surface area contributed by atoms with E-state index < -0.39 is 6.04 Å². The predicted molar refractivity (Wildman–Crippen MR) is 84.6 cm³/mol. The fraction of sp³-hybridized carbons (Fsp3) is 0.188. The number of benzene rings is 1. The number of pyridine rings is 1. The molecule has 2 heterocycles. The van der Waals surface area contributed by atoms with Crippen LogP contribution in [0.1, 0.15) is 18.5 Å². The van der Waals surface area contributed by atoms with Gasteiger partial charge in [-0.15, -0.1) is 10.2 Å². The van der Waals surface area contributed by atoms with Crippen LogP contribution < -0.4 is 5.32 Å². The van der Waals surface area contributed by atoms with E-state index in [0.29, 0.717) is 16.9 Å². The zero-order chi connectivity index (χ0) is 16.4. The summed E-state index contributed by atoms with van der Waals surface area (Å²) in [7, 11) is 1.63. The Kier molecular flexibility index (Phi) is 3.92. The molecule has 23 heavy (non-hydrogen) atoms. The van der Waals surface area contributed by atoms with Crippen LogP contribution in [0.2, 0.25) is 0 Å². The van der Waals surface area contributed by atoms with Gasteiger partial charge in [0.1, 0.15) is 12.1 Å². The van der Waals surface area contributed by atoms with Crippen LogP contribution in [0.4, 0.5) is 14.9 Å². The van der Waals surface area contributed by atoms with Crippen molar-refractivity contribution in [3.63, 3.8) is 0 Å². The first-order chi connectivity index (χ1) is 11.1. The molecule has 1 aromatic carbocycles. The summed E-state index contributed by atoms with van der Waals surface area (Å²) in [6.07, 6.45) is 3.27. The third-order valence-electron chi connectivity index (χ3n) is 3.80. The molecule has 0 saturated heterocycles. The lowest BCUT2D eigenvalue weighted by Gasteiger charge is -2.25. The fourth-order valence-electron chi connectivity index (χ4n) is 2.31. The Hall–Kier alpha value is -2.96. The number of amides is 2. The minimum Gasteiger partial charge on any atom is -0.321 e. The van der Waals surface area contributed by atoms with E-state index in [1.807, 2.05) is 0 Å². The van der Waals surface area contributed by atoms with Crippen molar-refractivity contribution in [2.24, 2.45) is 0 Å². The van der Waals surface area contributed by atoms with Crippen molar-refractivity contribution in [1.29, 1.82) is 0 Å². The summed E-state index contributed by atoms with van der Waals surface area (Å²) in [6, 6.07) is 9.21. The molecular formula is C16H16FN5O. The van der Waals surface area contributed by atoms with Crippen LogP contribution in [-0.4, -0.2) is 32.6 Å². The second-order valence-corrected chi connectivity index (χ2v) is 5.25. The van der Waals surface area contributed by atoms with Gasteiger partial charge in [0.2, 0.25) is 0 Å². The van der Waals surface area contributed by atoms with Crippen LogP contribution in [0.25, 0.3) is 5.65 Å². The average molecular weight is 313 g/mol. The summed E-state index contributed by atoms with van der Waals surface area (Å²) in [5, 5.41) is 10.5. The number of hydrogen-bond acceptors (Lipinski definition) is 3. The van der Waals surface area contributed by atoms with Gasteiger partial charge < -0.3 is 10.2 Å². The number of carbonyl (C=O) groups excluding carboxylic acids is 1. The van der Waals surface area contributed by atoms with Gasteiger partial charge in [-0.3, -0.25) is 4.40 Å². The Morgan fingerprint density at radius 2 is 2.09 bits per heavy atom. The summed E-state index contributed by atoms with van der Waals surface area (Å²) in [6.45, 7) is 1.78. The molecule has 0 unspecified atom stereocenters. The lowest BCUT2D eigenvalue weighted by atomic mass is 10.1. The van der Waals surface area contributed by atoms with Gasteiger partial charge in [0.05, 0.1) is 11.7 Å². The number of nitrogens with one attached hydrogen (secondary N) is 1. The predicted octanol–water partition coefficient (Wildman–Crippen LogP) is 3.09. The van der Waals surface area contributed by atoms with Gasteiger partial charge in [-0.25, -0.2) is 9.18 Å². The molecule has 0 fully saturated rings. The third-order valence-corrected chi connectivity index (χ3v) is 3.80. The number of rotatable bonds is 3. The molecular weight excluding hydrogens is 297 g/mol. The molecule has 0 radical (unpaired) electrons. The Morgan fingerprint density at radius 1 is 1.30 bits per heavy atom. The van der Waals surface area contributed by atoms with Crippen LogP contribution in [0.15, 0.2) is 48.9 Å². The van der Waals surface area contributed by atoms with Crippen molar-refractivity contribution in [3.8, 4) is 0 Å². The average Bonchev–Trinajstić information content (AvgIpc) is 3.01. The molecule has 0 saturated carbocycles. The molecule has 0 spiro atoms. The highest BCUT2D eigenvalue weighted by Crippen LogP contribution is 2.22.